The molecule has 1 unspecified atom stereocenters. The summed E-state index contributed by atoms with van der Waals surface area (Å²) in [5, 5.41) is 5.65. The van der Waals surface area contributed by atoms with Gasteiger partial charge in [0.05, 0.1) is 17.1 Å². The minimum atomic E-state index is -0.463. The third kappa shape index (κ3) is 4.60. The van der Waals surface area contributed by atoms with Gasteiger partial charge in [-0.15, -0.1) is 0 Å². The average molecular weight is 531 g/mol. The number of anilines is 1. The number of nitrogen functional groups attached to an aromatic ring is 1. The Bertz CT molecular complexity index is 1530. The molecule has 0 radical (unpaired) electrons. The quantitative estimate of drug-likeness (QED) is 0.416. The van der Waals surface area contributed by atoms with Crippen LogP contribution in [0.3, 0.4) is 0 Å². The molecule has 4 aromatic rings. The number of pyridine rings is 1. The summed E-state index contributed by atoms with van der Waals surface area (Å²) in [5.41, 5.74) is 11.2. The second-order valence-electron chi connectivity index (χ2n) is 12.3. The monoisotopic (exact) mass is 530 g/mol. The molecule has 1 amide bonds. The molecule has 2 N–H and O–H groups in total. The maximum Gasteiger partial charge on any atom is 0.410 e. The largest absolute Gasteiger partial charge is 0.444 e. The van der Waals surface area contributed by atoms with Gasteiger partial charge in [0.25, 0.3) is 0 Å². The van der Waals surface area contributed by atoms with Gasteiger partial charge in [-0.2, -0.15) is 5.10 Å². The van der Waals surface area contributed by atoms with E-state index in [2.05, 4.69) is 56.7 Å². The summed E-state index contributed by atoms with van der Waals surface area (Å²) in [5.74, 6) is 0.460. The molecule has 10 heteroatoms. The minimum Gasteiger partial charge on any atom is -0.444 e. The van der Waals surface area contributed by atoms with Crippen LogP contribution in [0.5, 0.6) is 0 Å². The van der Waals surface area contributed by atoms with Gasteiger partial charge < -0.3 is 19.8 Å². The van der Waals surface area contributed by atoms with Crippen molar-refractivity contribution >= 4 is 28.5 Å². The average Bonchev–Trinajstić information content (AvgIpc) is 3.40. The van der Waals surface area contributed by atoms with Gasteiger partial charge in [-0.25, -0.2) is 19.4 Å². The summed E-state index contributed by atoms with van der Waals surface area (Å²) < 4.78 is 9.86. The van der Waals surface area contributed by atoms with Crippen molar-refractivity contribution in [3.63, 3.8) is 0 Å². The number of likely N-dealkylation sites (tertiary alicyclic amines) is 2. The van der Waals surface area contributed by atoms with Crippen LogP contribution in [0.1, 0.15) is 63.5 Å². The number of aryl methyl sites for hydroxylation is 1. The van der Waals surface area contributed by atoms with Crippen LogP contribution in [0.15, 0.2) is 36.8 Å². The number of fused-ring (bicyclic) bond motifs is 2. The van der Waals surface area contributed by atoms with Crippen LogP contribution < -0.4 is 5.73 Å². The van der Waals surface area contributed by atoms with Crippen molar-refractivity contribution in [3.05, 3.63) is 53.7 Å². The van der Waals surface area contributed by atoms with Crippen molar-refractivity contribution in [1.82, 2.24) is 33.9 Å². The molecule has 10 nitrogen and oxygen atoms in total. The molecular weight excluding hydrogens is 492 g/mol. The van der Waals surface area contributed by atoms with Crippen LogP contribution in [0.4, 0.5) is 10.6 Å². The highest BCUT2D eigenvalue weighted by atomic mass is 16.6. The van der Waals surface area contributed by atoms with E-state index in [0.29, 0.717) is 5.82 Å². The molecule has 6 rings (SSSR count). The van der Waals surface area contributed by atoms with Gasteiger partial charge in [-0.1, -0.05) is 6.07 Å². The molecule has 1 spiro atoms. The summed E-state index contributed by atoms with van der Waals surface area (Å²) >= 11 is 0. The number of hydrogen-bond donors (Lipinski definition) is 1. The molecule has 0 bridgehead atoms. The van der Waals surface area contributed by atoms with E-state index >= 15 is 0 Å². The second kappa shape index (κ2) is 9.22. The molecule has 2 saturated heterocycles. The van der Waals surface area contributed by atoms with Gasteiger partial charge in [0.1, 0.15) is 17.7 Å². The third-order valence-corrected chi connectivity index (χ3v) is 8.30. The number of carbonyl (C=O) groups is 1. The molecule has 0 saturated carbocycles. The normalized spacial score (nSPS) is 18.5. The lowest BCUT2D eigenvalue weighted by Gasteiger charge is -2.54. The smallest absolute Gasteiger partial charge is 0.410 e. The Morgan fingerprint density at radius 3 is 2.64 bits per heavy atom. The Balaban J connectivity index is 1.21. The number of amides is 1. The van der Waals surface area contributed by atoms with Gasteiger partial charge in [0.15, 0.2) is 5.65 Å². The van der Waals surface area contributed by atoms with Crippen LogP contribution >= 0.6 is 0 Å². The first-order chi connectivity index (χ1) is 18.5. The Morgan fingerprint density at radius 2 is 1.92 bits per heavy atom. The molecule has 39 heavy (non-hydrogen) atoms. The van der Waals surface area contributed by atoms with Crippen LogP contribution in [-0.4, -0.2) is 71.8 Å². The standard InChI is InChI=1S/C29H38N8O2/c1-19-24-25(30)31-18-32-26(24)37(33-19)20(2)22-14-21-8-6-7-11-36(21)23(22)15-34-16-29(17-34)9-12-35(13-10-29)27(38)39-28(3,4)5/h6-8,11,14,18,20H,9-10,12-13,15-17H2,1-5H3,(H2,30,31,32). The zero-order chi connectivity index (χ0) is 27.5. The molecule has 2 aliphatic rings. The Morgan fingerprint density at radius 1 is 1.18 bits per heavy atom. The van der Waals surface area contributed by atoms with E-state index in [-0.39, 0.29) is 17.6 Å². The summed E-state index contributed by atoms with van der Waals surface area (Å²) in [6.45, 7) is 14.3. The fraction of sp³-hybridized carbons (Fsp3) is 0.517. The highest BCUT2D eigenvalue weighted by molar-refractivity contribution is 5.88. The maximum atomic E-state index is 12.5. The van der Waals surface area contributed by atoms with Gasteiger partial charge in [-0.05, 0) is 76.6 Å². The van der Waals surface area contributed by atoms with Crippen molar-refractivity contribution < 1.29 is 9.53 Å². The van der Waals surface area contributed by atoms with Crippen LogP contribution in [0.25, 0.3) is 16.6 Å². The fourth-order valence-electron chi connectivity index (χ4n) is 6.33. The lowest BCUT2D eigenvalue weighted by molar-refractivity contribution is -0.0557. The number of hydrogen-bond acceptors (Lipinski definition) is 7. The molecule has 2 fully saturated rings. The SMILES string of the molecule is Cc1nn(C(C)c2cc3ccccn3c2CN2CC3(CCN(C(=O)OC(C)(C)C)CC3)C2)c2ncnc(N)c12. The highest BCUT2D eigenvalue weighted by Crippen LogP contribution is 2.42. The maximum absolute atomic E-state index is 12.5. The van der Waals surface area contributed by atoms with E-state index in [4.69, 9.17) is 15.6 Å². The number of rotatable bonds is 4. The number of aromatic nitrogens is 5. The Kier molecular flexibility index (Phi) is 6.05. The summed E-state index contributed by atoms with van der Waals surface area (Å²) in [6.07, 6.45) is 5.48. The molecule has 0 aliphatic carbocycles. The number of nitrogens with two attached hydrogens (primary N) is 1. The molecule has 2 aliphatic heterocycles. The van der Waals surface area contributed by atoms with Gasteiger partial charge >= 0.3 is 6.09 Å². The summed E-state index contributed by atoms with van der Waals surface area (Å²) in [4.78, 5) is 25.6. The van der Waals surface area contributed by atoms with Gasteiger partial charge in [-0.3, -0.25) is 4.90 Å². The molecule has 206 valence electrons. The topological polar surface area (TPSA) is 107 Å². The number of carbonyl (C=O) groups excluding carboxylic acids is 1. The van der Waals surface area contributed by atoms with E-state index in [1.54, 1.807) is 0 Å². The summed E-state index contributed by atoms with van der Waals surface area (Å²) in [6, 6.07) is 8.54. The fourth-order valence-corrected chi connectivity index (χ4v) is 6.33. The first-order valence-electron chi connectivity index (χ1n) is 13.8. The minimum absolute atomic E-state index is 0.0299. The predicted octanol–water partition coefficient (Wildman–Crippen LogP) is 4.41. The van der Waals surface area contributed by atoms with Crippen molar-refractivity contribution in [2.45, 2.75) is 65.6 Å². The van der Waals surface area contributed by atoms with E-state index in [1.807, 2.05) is 37.3 Å². The third-order valence-electron chi connectivity index (χ3n) is 8.30. The van der Waals surface area contributed by atoms with Crippen molar-refractivity contribution in [2.24, 2.45) is 5.41 Å². The number of ether oxygens (including phenoxy) is 1. The van der Waals surface area contributed by atoms with Gasteiger partial charge in [0.2, 0.25) is 0 Å². The number of piperidine rings is 1. The lowest BCUT2D eigenvalue weighted by atomic mass is 9.72. The van der Waals surface area contributed by atoms with E-state index in [9.17, 15) is 4.79 Å². The molecule has 4 aromatic heterocycles. The number of nitrogens with zero attached hydrogens (tertiary/aromatic N) is 7. The van der Waals surface area contributed by atoms with Crippen molar-refractivity contribution in [2.75, 3.05) is 31.9 Å². The molecule has 1 atom stereocenters. The first kappa shape index (κ1) is 25.6. The molecule has 6 heterocycles. The predicted molar refractivity (Wildman–Crippen MR) is 150 cm³/mol. The lowest BCUT2D eigenvalue weighted by Crippen LogP contribution is -2.60. The van der Waals surface area contributed by atoms with Crippen molar-refractivity contribution in [3.8, 4) is 0 Å². The Hall–Kier alpha value is -3.66. The van der Waals surface area contributed by atoms with Crippen LogP contribution in [0.2, 0.25) is 0 Å². The Labute approximate surface area is 228 Å². The van der Waals surface area contributed by atoms with Crippen molar-refractivity contribution in [1.29, 1.82) is 0 Å². The van der Waals surface area contributed by atoms with Gasteiger partial charge in [0, 0.05) is 50.1 Å². The zero-order valence-corrected chi connectivity index (χ0v) is 23.5. The van der Waals surface area contributed by atoms with Crippen LogP contribution in [-0.2, 0) is 11.3 Å². The highest BCUT2D eigenvalue weighted by Gasteiger charge is 2.46. The molecular formula is C29H38N8O2. The zero-order valence-electron chi connectivity index (χ0n) is 23.5. The first-order valence-corrected chi connectivity index (χ1v) is 13.8. The van der Waals surface area contributed by atoms with E-state index in [1.165, 1.54) is 17.6 Å². The van der Waals surface area contributed by atoms with E-state index < -0.39 is 5.60 Å². The second-order valence-corrected chi connectivity index (χ2v) is 12.3. The molecule has 0 aromatic carbocycles. The van der Waals surface area contributed by atoms with Crippen LogP contribution in [0, 0.1) is 12.3 Å². The van der Waals surface area contributed by atoms with E-state index in [0.717, 1.165) is 67.8 Å². The summed E-state index contributed by atoms with van der Waals surface area (Å²) in [7, 11) is 0.